The van der Waals surface area contributed by atoms with Gasteiger partial charge in [0.25, 0.3) is 0 Å². The molecule has 0 fully saturated rings. The van der Waals surface area contributed by atoms with Gasteiger partial charge in [-0.05, 0) is 36.0 Å². The van der Waals surface area contributed by atoms with E-state index in [0.29, 0.717) is 36.5 Å². The van der Waals surface area contributed by atoms with Crippen molar-refractivity contribution in [3.05, 3.63) is 45.8 Å². The first kappa shape index (κ1) is 21.8. The number of hydrogen-bond donors (Lipinski definition) is 1. The summed E-state index contributed by atoms with van der Waals surface area (Å²) in [5.74, 6) is 0.746. The van der Waals surface area contributed by atoms with E-state index in [9.17, 15) is 14.9 Å². The minimum Gasteiger partial charge on any atom is -0.496 e. The third-order valence-electron chi connectivity index (χ3n) is 5.40. The van der Waals surface area contributed by atoms with Crippen molar-refractivity contribution < 1.29 is 14.3 Å². The number of nitrogens with one attached hydrogen (secondary N) is 1. The highest BCUT2D eigenvalue weighted by Crippen LogP contribution is 2.37. The third kappa shape index (κ3) is 4.65. The van der Waals surface area contributed by atoms with Crippen LogP contribution in [0.25, 0.3) is 0 Å². The number of ether oxygens (including phenoxy) is 1. The van der Waals surface area contributed by atoms with E-state index < -0.39 is 0 Å². The second kappa shape index (κ2) is 9.77. The van der Waals surface area contributed by atoms with Crippen molar-refractivity contribution in [2.75, 3.05) is 19.0 Å². The molecule has 2 amide bonds. The molecule has 2 heterocycles. The van der Waals surface area contributed by atoms with Gasteiger partial charge >= 0.3 is 0 Å². The number of carbonyl (C=O) groups is 2. The van der Waals surface area contributed by atoms with Gasteiger partial charge < -0.3 is 15.0 Å². The number of anilines is 1. The van der Waals surface area contributed by atoms with Gasteiger partial charge in [0.1, 0.15) is 16.8 Å². The van der Waals surface area contributed by atoms with Crippen LogP contribution in [0.2, 0.25) is 0 Å². The zero-order valence-electron chi connectivity index (χ0n) is 17.7. The fourth-order valence-electron chi connectivity index (χ4n) is 3.83. The number of para-hydroxylation sites is 1. The van der Waals surface area contributed by atoms with Gasteiger partial charge in [0, 0.05) is 24.3 Å². The molecule has 0 radical (unpaired) electrons. The van der Waals surface area contributed by atoms with Crippen LogP contribution in [0.5, 0.6) is 5.75 Å². The molecular formula is C23H27N3O3S. The first-order valence-electron chi connectivity index (χ1n) is 10.2. The van der Waals surface area contributed by atoms with Crippen LogP contribution in [0, 0.1) is 11.3 Å². The quantitative estimate of drug-likeness (QED) is 0.711. The van der Waals surface area contributed by atoms with E-state index in [1.165, 1.54) is 11.3 Å². The topological polar surface area (TPSA) is 82.4 Å². The van der Waals surface area contributed by atoms with Crippen molar-refractivity contribution in [1.82, 2.24) is 4.90 Å². The maximum Gasteiger partial charge on any atom is 0.225 e. The molecule has 30 heavy (non-hydrogen) atoms. The predicted molar refractivity (Wildman–Crippen MR) is 118 cm³/mol. The number of nitrogens with zero attached hydrogens (tertiary/aromatic N) is 2. The van der Waals surface area contributed by atoms with Gasteiger partial charge in [-0.15, -0.1) is 11.3 Å². The summed E-state index contributed by atoms with van der Waals surface area (Å²) in [5.41, 5.74) is 2.48. The molecule has 1 aromatic carbocycles. The number of amides is 2. The Morgan fingerprint density at radius 1 is 1.37 bits per heavy atom. The van der Waals surface area contributed by atoms with Crippen molar-refractivity contribution in [2.45, 2.75) is 52.0 Å². The molecule has 158 valence electrons. The van der Waals surface area contributed by atoms with Gasteiger partial charge in [0.15, 0.2) is 0 Å². The van der Waals surface area contributed by atoms with Crippen LogP contribution in [-0.2, 0) is 22.6 Å². The Kier molecular flexibility index (Phi) is 7.11. The number of methoxy groups -OCH3 is 1. The second-order valence-corrected chi connectivity index (χ2v) is 8.64. The van der Waals surface area contributed by atoms with Crippen LogP contribution in [0.15, 0.2) is 24.3 Å². The monoisotopic (exact) mass is 425 g/mol. The molecule has 1 aliphatic heterocycles. The molecule has 6 nitrogen and oxygen atoms in total. The van der Waals surface area contributed by atoms with E-state index in [1.807, 2.05) is 43.0 Å². The number of nitriles is 1. The molecule has 0 aliphatic carbocycles. The number of benzene rings is 1. The summed E-state index contributed by atoms with van der Waals surface area (Å²) in [5, 5.41) is 13.2. The maximum atomic E-state index is 12.7. The maximum absolute atomic E-state index is 12.7. The first-order chi connectivity index (χ1) is 14.5. The van der Waals surface area contributed by atoms with Crippen LogP contribution in [0.1, 0.15) is 60.6 Å². The fraction of sp³-hybridized carbons (Fsp3) is 0.435. The van der Waals surface area contributed by atoms with Crippen LogP contribution in [0.3, 0.4) is 0 Å². The zero-order chi connectivity index (χ0) is 21.7. The predicted octanol–water partition coefficient (Wildman–Crippen LogP) is 4.45. The standard InChI is InChI=1S/C23H27N3O3S/c1-4-7-22(28)26-11-10-17-18(13-24)23(30-20(17)14-26)25-21(27)12-15(2)16-8-5-6-9-19(16)29-3/h5-6,8-9,15H,4,7,10-12,14H2,1-3H3,(H,25,27). The highest BCUT2D eigenvalue weighted by atomic mass is 32.1. The Morgan fingerprint density at radius 2 is 2.13 bits per heavy atom. The van der Waals surface area contributed by atoms with E-state index in [-0.39, 0.29) is 24.2 Å². The summed E-state index contributed by atoms with van der Waals surface area (Å²) in [6, 6.07) is 9.93. The Labute approximate surface area is 181 Å². The van der Waals surface area contributed by atoms with Crippen LogP contribution in [-0.4, -0.2) is 30.4 Å². The normalized spacial score (nSPS) is 13.9. The molecule has 0 saturated heterocycles. The Morgan fingerprint density at radius 3 is 2.83 bits per heavy atom. The number of rotatable bonds is 7. The van der Waals surface area contributed by atoms with Gasteiger partial charge in [-0.3, -0.25) is 9.59 Å². The lowest BCUT2D eigenvalue weighted by Gasteiger charge is -2.26. The van der Waals surface area contributed by atoms with E-state index in [1.54, 1.807) is 7.11 Å². The minimum atomic E-state index is -0.137. The molecule has 1 aliphatic rings. The Bertz CT molecular complexity index is 977. The highest BCUT2D eigenvalue weighted by Gasteiger charge is 2.27. The molecule has 0 saturated carbocycles. The van der Waals surface area contributed by atoms with Gasteiger partial charge in [-0.1, -0.05) is 32.0 Å². The lowest BCUT2D eigenvalue weighted by Crippen LogP contribution is -2.35. The van der Waals surface area contributed by atoms with E-state index >= 15 is 0 Å². The largest absolute Gasteiger partial charge is 0.496 e. The van der Waals surface area contributed by atoms with Crippen LogP contribution >= 0.6 is 11.3 Å². The third-order valence-corrected chi connectivity index (χ3v) is 6.53. The van der Waals surface area contributed by atoms with Crippen molar-refractivity contribution in [3.63, 3.8) is 0 Å². The summed E-state index contributed by atoms with van der Waals surface area (Å²) < 4.78 is 5.40. The lowest BCUT2D eigenvalue weighted by atomic mass is 9.96. The van der Waals surface area contributed by atoms with E-state index in [0.717, 1.165) is 28.2 Å². The summed E-state index contributed by atoms with van der Waals surface area (Å²) >= 11 is 1.41. The second-order valence-electron chi connectivity index (χ2n) is 7.53. The molecule has 1 atom stereocenters. The number of hydrogen-bond acceptors (Lipinski definition) is 5. The molecule has 7 heteroatoms. The highest BCUT2D eigenvalue weighted by molar-refractivity contribution is 7.16. The number of thiophene rings is 1. The summed E-state index contributed by atoms with van der Waals surface area (Å²) in [7, 11) is 1.62. The van der Waals surface area contributed by atoms with Crippen molar-refractivity contribution in [1.29, 1.82) is 5.26 Å². The summed E-state index contributed by atoms with van der Waals surface area (Å²) in [4.78, 5) is 27.8. The SMILES string of the molecule is CCCC(=O)N1CCc2c(sc(NC(=O)CC(C)c3ccccc3OC)c2C#N)C1. The summed E-state index contributed by atoms with van der Waals surface area (Å²) in [6.07, 6.45) is 2.30. The van der Waals surface area contributed by atoms with Gasteiger partial charge in [-0.25, -0.2) is 0 Å². The molecule has 1 aromatic heterocycles. The average Bonchev–Trinajstić information content (AvgIpc) is 3.09. The smallest absolute Gasteiger partial charge is 0.225 e. The van der Waals surface area contributed by atoms with E-state index in [4.69, 9.17) is 4.74 Å². The molecule has 1 N–H and O–H groups in total. The lowest BCUT2D eigenvalue weighted by molar-refractivity contribution is -0.132. The van der Waals surface area contributed by atoms with Crippen LogP contribution < -0.4 is 10.1 Å². The fourth-order valence-corrected chi connectivity index (χ4v) is 5.06. The van der Waals surface area contributed by atoms with Crippen molar-refractivity contribution >= 4 is 28.2 Å². The molecule has 2 aromatic rings. The van der Waals surface area contributed by atoms with Gasteiger partial charge in [0.05, 0.1) is 19.2 Å². The number of fused-ring (bicyclic) bond motifs is 1. The summed E-state index contributed by atoms with van der Waals surface area (Å²) in [6.45, 7) is 5.11. The van der Waals surface area contributed by atoms with Crippen molar-refractivity contribution in [2.24, 2.45) is 0 Å². The van der Waals surface area contributed by atoms with Gasteiger partial charge in [0.2, 0.25) is 11.8 Å². The van der Waals surface area contributed by atoms with E-state index in [2.05, 4.69) is 11.4 Å². The zero-order valence-corrected chi connectivity index (χ0v) is 18.5. The first-order valence-corrected chi connectivity index (χ1v) is 11.0. The molecule has 3 rings (SSSR count). The molecule has 1 unspecified atom stereocenters. The number of carbonyl (C=O) groups excluding carboxylic acids is 2. The van der Waals surface area contributed by atoms with Crippen LogP contribution in [0.4, 0.5) is 5.00 Å². The average molecular weight is 426 g/mol. The Hall–Kier alpha value is -2.85. The molecule has 0 spiro atoms. The molecular weight excluding hydrogens is 398 g/mol. The van der Waals surface area contributed by atoms with Gasteiger partial charge in [-0.2, -0.15) is 5.26 Å². The molecule has 0 bridgehead atoms. The minimum absolute atomic E-state index is 0.0246. The Balaban J connectivity index is 1.72. The van der Waals surface area contributed by atoms with Crippen molar-refractivity contribution in [3.8, 4) is 11.8 Å².